The summed E-state index contributed by atoms with van der Waals surface area (Å²) >= 11 is 6.37. The molecule has 27 heavy (non-hydrogen) atoms. The standard InChI is InChI=1S/C24H22ClNO/c25-23-21(6-3-7-22(23)24(26)27)18-12-10-16(11-13-18)8-9-17-14-19-4-1-2-5-20(19)15-17/h1-7,10-13,17H,8-9,14-15H2,(H2,26,27). The molecule has 3 aromatic carbocycles. The first-order valence-corrected chi connectivity index (χ1v) is 9.74. The summed E-state index contributed by atoms with van der Waals surface area (Å²) in [7, 11) is 0. The molecule has 0 radical (unpaired) electrons. The molecule has 3 aromatic rings. The fourth-order valence-corrected chi connectivity index (χ4v) is 4.35. The zero-order chi connectivity index (χ0) is 18.8. The van der Waals surface area contributed by atoms with E-state index in [-0.39, 0.29) is 0 Å². The lowest BCUT2D eigenvalue weighted by molar-refractivity contribution is 0.100. The van der Waals surface area contributed by atoms with Crippen molar-refractivity contribution in [3.05, 3.63) is 94.0 Å². The van der Waals surface area contributed by atoms with Crippen LogP contribution < -0.4 is 5.73 Å². The molecule has 0 bridgehead atoms. The van der Waals surface area contributed by atoms with Crippen LogP contribution in [0, 0.1) is 5.92 Å². The second-order valence-electron chi connectivity index (χ2n) is 7.31. The summed E-state index contributed by atoms with van der Waals surface area (Å²) in [5.74, 6) is 0.236. The molecule has 0 unspecified atom stereocenters. The lowest BCUT2D eigenvalue weighted by Gasteiger charge is -2.11. The average molecular weight is 376 g/mol. The van der Waals surface area contributed by atoms with Crippen molar-refractivity contribution in [2.24, 2.45) is 11.7 Å². The van der Waals surface area contributed by atoms with Crippen LogP contribution in [-0.4, -0.2) is 5.91 Å². The molecule has 2 N–H and O–H groups in total. The van der Waals surface area contributed by atoms with Crippen molar-refractivity contribution in [1.82, 2.24) is 0 Å². The van der Waals surface area contributed by atoms with Crippen LogP contribution in [0.1, 0.15) is 33.5 Å². The summed E-state index contributed by atoms with van der Waals surface area (Å²) in [5, 5.41) is 0.418. The minimum atomic E-state index is -0.504. The predicted molar refractivity (Wildman–Crippen MR) is 111 cm³/mol. The summed E-state index contributed by atoms with van der Waals surface area (Å²) in [4.78, 5) is 11.5. The summed E-state index contributed by atoms with van der Waals surface area (Å²) in [6.45, 7) is 0. The Hall–Kier alpha value is -2.58. The maximum absolute atomic E-state index is 11.5. The predicted octanol–water partition coefficient (Wildman–Crippen LogP) is 5.45. The smallest absolute Gasteiger partial charge is 0.250 e. The quantitative estimate of drug-likeness (QED) is 0.632. The van der Waals surface area contributed by atoms with Crippen molar-refractivity contribution in [2.75, 3.05) is 0 Å². The normalized spacial score (nSPS) is 13.5. The van der Waals surface area contributed by atoms with Gasteiger partial charge < -0.3 is 5.73 Å². The van der Waals surface area contributed by atoms with Crippen molar-refractivity contribution in [3.63, 3.8) is 0 Å². The first-order valence-electron chi connectivity index (χ1n) is 9.36. The highest BCUT2D eigenvalue weighted by molar-refractivity contribution is 6.36. The number of fused-ring (bicyclic) bond motifs is 1. The summed E-state index contributed by atoms with van der Waals surface area (Å²) in [6, 6.07) is 22.6. The van der Waals surface area contributed by atoms with E-state index in [0.717, 1.165) is 23.5 Å². The number of halogens is 1. The molecule has 1 aliphatic rings. The molecule has 0 fully saturated rings. The monoisotopic (exact) mass is 375 g/mol. The number of benzene rings is 3. The maximum atomic E-state index is 11.5. The number of carbonyl (C=O) groups excluding carboxylic acids is 1. The van der Waals surface area contributed by atoms with E-state index in [4.69, 9.17) is 17.3 Å². The van der Waals surface area contributed by atoms with E-state index in [9.17, 15) is 4.79 Å². The number of carbonyl (C=O) groups is 1. The molecule has 1 aliphatic carbocycles. The molecule has 0 spiro atoms. The highest BCUT2D eigenvalue weighted by atomic mass is 35.5. The van der Waals surface area contributed by atoms with Crippen LogP contribution in [0.4, 0.5) is 0 Å². The number of amides is 1. The van der Waals surface area contributed by atoms with Gasteiger partial charge in [0.2, 0.25) is 5.91 Å². The van der Waals surface area contributed by atoms with Crippen LogP contribution in [0.5, 0.6) is 0 Å². The third-order valence-electron chi connectivity index (χ3n) is 5.51. The average Bonchev–Trinajstić information content (AvgIpc) is 3.10. The molecule has 4 rings (SSSR count). The van der Waals surface area contributed by atoms with E-state index in [1.165, 1.54) is 36.0 Å². The first-order chi connectivity index (χ1) is 13.1. The van der Waals surface area contributed by atoms with Gasteiger partial charge in [-0.25, -0.2) is 0 Å². The van der Waals surface area contributed by atoms with E-state index >= 15 is 0 Å². The molecule has 3 heteroatoms. The molecule has 0 atom stereocenters. The molecular formula is C24H22ClNO. The van der Waals surface area contributed by atoms with E-state index in [2.05, 4.69) is 48.5 Å². The molecule has 0 heterocycles. The van der Waals surface area contributed by atoms with Crippen molar-refractivity contribution in [3.8, 4) is 11.1 Å². The number of nitrogens with two attached hydrogens (primary N) is 1. The van der Waals surface area contributed by atoms with Gasteiger partial charge in [-0.05, 0) is 59.9 Å². The van der Waals surface area contributed by atoms with Crippen LogP contribution >= 0.6 is 11.6 Å². The third-order valence-corrected chi connectivity index (χ3v) is 5.91. The van der Waals surface area contributed by atoms with Gasteiger partial charge in [-0.15, -0.1) is 0 Å². The summed E-state index contributed by atoms with van der Waals surface area (Å²) in [6.07, 6.45) is 4.67. The van der Waals surface area contributed by atoms with Crippen molar-refractivity contribution in [1.29, 1.82) is 0 Å². The lowest BCUT2D eigenvalue weighted by atomic mass is 9.95. The molecular weight excluding hydrogens is 354 g/mol. The Balaban J connectivity index is 1.43. The second-order valence-corrected chi connectivity index (χ2v) is 7.69. The number of hydrogen-bond acceptors (Lipinski definition) is 1. The summed E-state index contributed by atoms with van der Waals surface area (Å²) < 4.78 is 0. The van der Waals surface area contributed by atoms with Gasteiger partial charge in [0.1, 0.15) is 0 Å². The van der Waals surface area contributed by atoms with Gasteiger partial charge in [0.15, 0.2) is 0 Å². The Morgan fingerprint density at radius 3 is 2.22 bits per heavy atom. The van der Waals surface area contributed by atoms with Crippen molar-refractivity contribution >= 4 is 17.5 Å². The Morgan fingerprint density at radius 2 is 1.59 bits per heavy atom. The molecule has 0 aromatic heterocycles. The summed E-state index contributed by atoms with van der Waals surface area (Å²) in [5.41, 5.74) is 12.0. The van der Waals surface area contributed by atoms with Crippen LogP contribution in [0.25, 0.3) is 11.1 Å². The van der Waals surface area contributed by atoms with E-state index in [1.807, 2.05) is 12.1 Å². The Morgan fingerprint density at radius 1 is 0.926 bits per heavy atom. The minimum absolute atomic E-state index is 0.360. The third kappa shape index (κ3) is 3.77. The fraction of sp³-hybridized carbons (Fsp3) is 0.208. The van der Waals surface area contributed by atoms with Gasteiger partial charge in [0, 0.05) is 5.56 Å². The molecule has 136 valence electrons. The topological polar surface area (TPSA) is 43.1 Å². The van der Waals surface area contributed by atoms with E-state index in [0.29, 0.717) is 10.6 Å². The largest absolute Gasteiger partial charge is 0.366 e. The van der Waals surface area contributed by atoms with Crippen LogP contribution in [0.3, 0.4) is 0 Å². The SMILES string of the molecule is NC(=O)c1cccc(-c2ccc(CCC3Cc4ccccc4C3)cc2)c1Cl. The van der Waals surface area contributed by atoms with Gasteiger partial charge in [-0.3, -0.25) is 4.79 Å². The van der Waals surface area contributed by atoms with E-state index in [1.54, 1.807) is 6.07 Å². The number of hydrogen-bond donors (Lipinski definition) is 1. The minimum Gasteiger partial charge on any atom is -0.366 e. The second kappa shape index (κ2) is 7.58. The zero-order valence-corrected chi connectivity index (χ0v) is 15.9. The highest BCUT2D eigenvalue weighted by Gasteiger charge is 2.20. The van der Waals surface area contributed by atoms with E-state index < -0.39 is 5.91 Å². The number of aryl methyl sites for hydroxylation is 1. The molecule has 0 aliphatic heterocycles. The van der Waals surface area contributed by atoms with Crippen LogP contribution in [0.15, 0.2) is 66.7 Å². The van der Waals surface area contributed by atoms with Gasteiger partial charge in [0.25, 0.3) is 0 Å². The van der Waals surface area contributed by atoms with Crippen molar-refractivity contribution in [2.45, 2.75) is 25.7 Å². The molecule has 2 nitrogen and oxygen atoms in total. The Labute approximate surface area is 165 Å². The number of rotatable bonds is 5. The Kier molecular flexibility index (Phi) is 5.00. The van der Waals surface area contributed by atoms with Gasteiger partial charge in [-0.1, -0.05) is 72.3 Å². The zero-order valence-electron chi connectivity index (χ0n) is 15.1. The number of primary amides is 1. The van der Waals surface area contributed by atoms with Crippen molar-refractivity contribution < 1.29 is 4.79 Å². The highest BCUT2D eigenvalue weighted by Crippen LogP contribution is 2.32. The van der Waals surface area contributed by atoms with Gasteiger partial charge in [0.05, 0.1) is 10.6 Å². The molecule has 0 saturated heterocycles. The van der Waals surface area contributed by atoms with Gasteiger partial charge in [-0.2, -0.15) is 0 Å². The molecule has 0 saturated carbocycles. The fourth-order valence-electron chi connectivity index (χ4n) is 4.02. The van der Waals surface area contributed by atoms with Crippen LogP contribution in [0.2, 0.25) is 5.02 Å². The van der Waals surface area contributed by atoms with Crippen LogP contribution in [-0.2, 0) is 19.3 Å². The Bertz CT molecular complexity index is 953. The van der Waals surface area contributed by atoms with Gasteiger partial charge >= 0.3 is 0 Å². The first kappa shape index (κ1) is 17.8. The lowest BCUT2D eigenvalue weighted by Crippen LogP contribution is -2.11. The maximum Gasteiger partial charge on any atom is 0.250 e. The molecule has 1 amide bonds.